The summed E-state index contributed by atoms with van der Waals surface area (Å²) < 4.78 is 2.24. The Bertz CT molecular complexity index is 348. The SMILES string of the molecule is CN1CCN(C)C(Cn2cncc2CCN)C1. The molecule has 17 heavy (non-hydrogen) atoms. The molecule has 96 valence electrons. The summed E-state index contributed by atoms with van der Waals surface area (Å²) in [6.45, 7) is 5.12. The maximum atomic E-state index is 5.61. The molecule has 0 radical (unpaired) electrons. The van der Waals surface area contributed by atoms with Crippen molar-refractivity contribution in [3.63, 3.8) is 0 Å². The van der Waals surface area contributed by atoms with Gasteiger partial charge in [0.05, 0.1) is 6.33 Å². The second-order valence-electron chi connectivity index (χ2n) is 4.97. The number of imidazole rings is 1. The molecule has 1 unspecified atom stereocenters. The number of hydrogen-bond acceptors (Lipinski definition) is 4. The van der Waals surface area contributed by atoms with Crippen molar-refractivity contribution in [1.82, 2.24) is 19.4 Å². The lowest BCUT2D eigenvalue weighted by Crippen LogP contribution is -2.51. The van der Waals surface area contributed by atoms with Gasteiger partial charge in [-0.25, -0.2) is 4.98 Å². The molecule has 0 saturated carbocycles. The minimum Gasteiger partial charge on any atom is -0.333 e. The van der Waals surface area contributed by atoms with Gasteiger partial charge in [-0.3, -0.25) is 4.90 Å². The highest BCUT2D eigenvalue weighted by Crippen LogP contribution is 2.10. The minimum atomic E-state index is 0.569. The van der Waals surface area contributed by atoms with Crippen LogP contribution in [0.3, 0.4) is 0 Å². The van der Waals surface area contributed by atoms with Crippen LogP contribution in [-0.4, -0.2) is 65.7 Å². The molecule has 1 aromatic heterocycles. The Labute approximate surface area is 103 Å². The number of rotatable bonds is 4. The Hall–Kier alpha value is -0.910. The third kappa shape index (κ3) is 3.06. The number of likely N-dealkylation sites (N-methyl/N-ethyl adjacent to an activating group) is 2. The number of aromatic nitrogens is 2. The van der Waals surface area contributed by atoms with Gasteiger partial charge in [-0.05, 0) is 20.6 Å². The van der Waals surface area contributed by atoms with Crippen LogP contribution in [0.5, 0.6) is 0 Å². The van der Waals surface area contributed by atoms with Gasteiger partial charge >= 0.3 is 0 Å². The van der Waals surface area contributed by atoms with E-state index in [2.05, 4.69) is 33.4 Å². The van der Waals surface area contributed by atoms with Crippen LogP contribution in [0.15, 0.2) is 12.5 Å². The molecule has 0 aliphatic carbocycles. The van der Waals surface area contributed by atoms with Crippen molar-refractivity contribution in [2.24, 2.45) is 5.73 Å². The van der Waals surface area contributed by atoms with Crippen molar-refractivity contribution < 1.29 is 0 Å². The van der Waals surface area contributed by atoms with Crippen LogP contribution in [0.2, 0.25) is 0 Å². The van der Waals surface area contributed by atoms with Gasteiger partial charge < -0.3 is 15.2 Å². The van der Waals surface area contributed by atoms with E-state index >= 15 is 0 Å². The zero-order chi connectivity index (χ0) is 12.3. The number of hydrogen-bond donors (Lipinski definition) is 1. The molecule has 0 amide bonds. The molecule has 5 nitrogen and oxygen atoms in total. The zero-order valence-corrected chi connectivity index (χ0v) is 10.8. The van der Waals surface area contributed by atoms with Gasteiger partial charge in [0.2, 0.25) is 0 Å². The van der Waals surface area contributed by atoms with Crippen LogP contribution in [0.25, 0.3) is 0 Å². The summed E-state index contributed by atoms with van der Waals surface area (Å²) >= 11 is 0. The largest absolute Gasteiger partial charge is 0.333 e. The predicted molar refractivity (Wildman–Crippen MR) is 68.9 cm³/mol. The molecule has 0 bridgehead atoms. The first-order chi connectivity index (χ1) is 8.20. The maximum Gasteiger partial charge on any atom is 0.0948 e. The van der Waals surface area contributed by atoms with Gasteiger partial charge in [0.15, 0.2) is 0 Å². The highest BCUT2D eigenvalue weighted by Gasteiger charge is 2.22. The Morgan fingerprint density at radius 2 is 2.24 bits per heavy atom. The first-order valence-corrected chi connectivity index (χ1v) is 6.28. The van der Waals surface area contributed by atoms with Crippen LogP contribution in [0.4, 0.5) is 0 Å². The Kier molecular flexibility index (Phi) is 4.15. The van der Waals surface area contributed by atoms with Crippen molar-refractivity contribution in [3.8, 4) is 0 Å². The van der Waals surface area contributed by atoms with E-state index in [1.54, 1.807) is 0 Å². The van der Waals surface area contributed by atoms with Crippen LogP contribution < -0.4 is 5.73 Å². The monoisotopic (exact) mass is 237 g/mol. The maximum absolute atomic E-state index is 5.61. The minimum absolute atomic E-state index is 0.569. The molecule has 0 spiro atoms. The fraction of sp³-hybridized carbons (Fsp3) is 0.750. The average Bonchev–Trinajstić information content (AvgIpc) is 2.72. The normalized spacial score (nSPS) is 23.1. The Morgan fingerprint density at radius 1 is 1.41 bits per heavy atom. The van der Waals surface area contributed by atoms with E-state index in [9.17, 15) is 0 Å². The van der Waals surface area contributed by atoms with Crippen molar-refractivity contribution in [2.75, 3.05) is 40.3 Å². The third-order valence-electron chi connectivity index (χ3n) is 3.59. The van der Waals surface area contributed by atoms with Crippen molar-refractivity contribution >= 4 is 0 Å². The van der Waals surface area contributed by atoms with E-state index in [1.807, 2.05) is 12.5 Å². The molecule has 1 aliphatic rings. The summed E-state index contributed by atoms with van der Waals surface area (Å²) in [5.74, 6) is 0. The van der Waals surface area contributed by atoms with Gasteiger partial charge in [0.25, 0.3) is 0 Å². The molecular weight excluding hydrogens is 214 g/mol. The molecule has 2 rings (SSSR count). The standard InChI is InChI=1S/C12H23N5/c1-15-5-6-16(2)12(8-15)9-17-10-14-7-11(17)3-4-13/h7,10,12H,3-6,8-9,13H2,1-2H3. The summed E-state index contributed by atoms with van der Waals surface area (Å²) in [4.78, 5) is 9.06. The zero-order valence-electron chi connectivity index (χ0n) is 10.8. The van der Waals surface area contributed by atoms with Gasteiger partial charge in [-0.15, -0.1) is 0 Å². The van der Waals surface area contributed by atoms with E-state index < -0.39 is 0 Å². The first-order valence-electron chi connectivity index (χ1n) is 6.28. The molecule has 2 N–H and O–H groups in total. The number of piperazine rings is 1. The quantitative estimate of drug-likeness (QED) is 0.776. The number of nitrogens with two attached hydrogens (primary N) is 1. The van der Waals surface area contributed by atoms with Gasteiger partial charge in [-0.1, -0.05) is 0 Å². The lowest BCUT2D eigenvalue weighted by atomic mass is 10.2. The van der Waals surface area contributed by atoms with E-state index in [-0.39, 0.29) is 0 Å². The van der Waals surface area contributed by atoms with Gasteiger partial charge in [-0.2, -0.15) is 0 Å². The van der Waals surface area contributed by atoms with Crippen LogP contribution in [0, 0.1) is 0 Å². The van der Waals surface area contributed by atoms with Gasteiger partial charge in [0, 0.05) is 50.5 Å². The van der Waals surface area contributed by atoms with Crippen LogP contribution >= 0.6 is 0 Å². The topological polar surface area (TPSA) is 50.3 Å². The molecule has 0 aromatic carbocycles. The summed E-state index contributed by atoms with van der Waals surface area (Å²) in [5.41, 5.74) is 6.86. The fourth-order valence-corrected chi connectivity index (χ4v) is 2.39. The Morgan fingerprint density at radius 3 is 3.00 bits per heavy atom. The van der Waals surface area contributed by atoms with Crippen molar-refractivity contribution in [1.29, 1.82) is 0 Å². The Balaban J connectivity index is 2.01. The molecule has 1 saturated heterocycles. The lowest BCUT2D eigenvalue weighted by Gasteiger charge is -2.38. The van der Waals surface area contributed by atoms with Crippen LogP contribution in [-0.2, 0) is 13.0 Å². The van der Waals surface area contributed by atoms with Crippen molar-refractivity contribution in [2.45, 2.75) is 19.0 Å². The van der Waals surface area contributed by atoms with E-state index in [0.717, 1.165) is 32.6 Å². The van der Waals surface area contributed by atoms with E-state index in [4.69, 9.17) is 5.73 Å². The molecular formula is C12H23N5. The molecule has 1 fully saturated rings. The van der Waals surface area contributed by atoms with E-state index in [1.165, 1.54) is 5.69 Å². The molecule has 2 heterocycles. The smallest absolute Gasteiger partial charge is 0.0948 e. The highest BCUT2D eigenvalue weighted by molar-refractivity contribution is 5.00. The molecule has 1 aromatic rings. The molecule has 1 atom stereocenters. The third-order valence-corrected chi connectivity index (χ3v) is 3.59. The van der Waals surface area contributed by atoms with Crippen LogP contribution in [0.1, 0.15) is 5.69 Å². The number of nitrogens with zero attached hydrogens (tertiary/aromatic N) is 4. The second kappa shape index (κ2) is 5.62. The summed E-state index contributed by atoms with van der Waals surface area (Å²) in [5, 5.41) is 0. The average molecular weight is 237 g/mol. The first kappa shape index (κ1) is 12.5. The van der Waals surface area contributed by atoms with Crippen molar-refractivity contribution in [3.05, 3.63) is 18.2 Å². The fourth-order valence-electron chi connectivity index (χ4n) is 2.39. The molecule has 1 aliphatic heterocycles. The lowest BCUT2D eigenvalue weighted by molar-refractivity contribution is 0.102. The predicted octanol–water partition coefficient (Wildman–Crippen LogP) is -0.370. The molecule has 5 heteroatoms. The van der Waals surface area contributed by atoms with E-state index in [0.29, 0.717) is 12.6 Å². The summed E-state index contributed by atoms with van der Waals surface area (Å²) in [6, 6.07) is 0.569. The highest BCUT2D eigenvalue weighted by atomic mass is 15.3. The summed E-state index contributed by atoms with van der Waals surface area (Å²) in [6.07, 6.45) is 4.76. The summed E-state index contributed by atoms with van der Waals surface area (Å²) in [7, 11) is 4.39. The van der Waals surface area contributed by atoms with Gasteiger partial charge in [0.1, 0.15) is 0 Å². The second-order valence-corrected chi connectivity index (χ2v) is 4.97.